The lowest BCUT2D eigenvalue weighted by molar-refractivity contribution is -0.143. The summed E-state index contributed by atoms with van der Waals surface area (Å²) < 4.78 is 5.47. The molecule has 0 aromatic heterocycles. The van der Waals surface area contributed by atoms with Crippen molar-refractivity contribution in [1.82, 2.24) is 5.32 Å². The van der Waals surface area contributed by atoms with Crippen molar-refractivity contribution in [3.05, 3.63) is 24.3 Å². The van der Waals surface area contributed by atoms with Crippen molar-refractivity contribution in [3.8, 4) is 0 Å². The molecule has 0 spiro atoms. The average Bonchev–Trinajstić information content (AvgIpc) is 3.40. The first kappa shape index (κ1) is 72.3. The van der Waals surface area contributed by atoms with E-state index in [1.807, 2.05) is 6.08 Å². The molecular weight excluding hydrogens is 911 g/mol. The smallest absolute Gasteiger partial charge is 0.305 e. The maximum absolute atomic E-state index is 12.5. The number of ether oxygens (including phenoxy) is 1. The lowest BCUT2D eigenvalue weighted by atomic mass is 10.0. The summed E-state index contributed by atoms with van der Waals surface area (Å²) in [5.41, 5.74) is 0. The molecule has 0 saturated carbocycles. The second-order valence-electron chi connectivity index (χ2n) is 23.2. The van der Waals surface area contributed by atoms with Gasteiger partial charge in [-0.3, -0.25) is 9.59 Å². The third-order valence-electron chi connectivity index (χ3n) is 15.7. The summed E-state index contributed by atoms with van der Waals surface area (Å²) in [6.07, 6.45) is 79.7. The van der Waals surface area contributed by atoms with Crippen molar-refractivity contribution >= 4 is 11.9 Å². The molecule has 0 saturated heterocycles. The van der Waals surface area contributed by atoms with E-state index in [9.17, 15) is 19.8 Å². The van der Waals surface area contributed by atoms with Gasteiger partial charge in [0.25, 0.3) is 0 Å². The second-order valence-corrected chi connectivity index (χ2v) is 23.2. The molecule has 0 aliphatic carbocycles. The number of aliphatic hydroxyl groups excluding tert-OH is 2. The van der Waals surface area contributed by atoms with Gasteiger partial charge in [0.2, 0.25) is 5.91 Å². The predicted octanol–water partition coefficient (Wildman–Crippen LogP) is 21.4. The van der Waals surface area contributed by atoms with Crippen molar-refractivity contribution in [3.63, 3.8) is 0 Å². The number of nitrogens with one attached hydrogen (secondary N) is 1. The minimum absolute atomic E-state index is 0.0101. The van der Waals surface area contributed by atoms with Crippen LogP contribution in [0.3, 0.4) is 0 Å². The van der Waals surface area contributed by atoms with Crippen LogP contribution in [0.1, 0.15) is 373 Å². The van der Waals surface area contributed by atoms with Crippen molar-refractivity contribution < 1.29 is 24.5 Å². The fraction of sp³-hybridized carbons (Fsp3) is 0.912. The molecule has 1 amide bonds. The minimum Gasteiger partial charge on any atom is -0.466 e. The number of unbranched alkanes of at least 4 members (excludes halogenated alkanes) is 50. The normalized spacial score (nSPS) is 12.6. The largest absolute Gasteiger partial charge is 0.466 e. The summed E-state index contributed by atoms with van der Waals surface area (Å²) in [6, 6.07) is -0.623. The van der Waals surface area contributed by atoms with Crippen LogP contribution in [0.4, 0.5) is 0 Å². The zero-order valence-electron chi connectivity index (χ0n) is 50.1. The molecule has 74 heavy (non-hydrogen) atoms. The molecule has 2 unspecified atom stereocenters. The molecule has 2 atom stereocenters. The summed E-state index contributed by atoms with van der Waals surface area (Å²) in [4.78, 5) is 24.5. The number of rotatable bonds is 63. The van der Waals surface area contributed by atoms with Gasteiger partial charge < -0.3 is 20.3 Å². The van der Waals surface area contributed by atoms with Gasteiger partial charge in [-0.2, -0.15) is 0 Å². The van der Waals surface area contributed by atoms with Crippen LogP contribution in [0, 0.1) is 0 Å². The topological polar surface area (TPSA) is 95.9 Å². The van der Waals surface area contributed by atoms with Crippen molar-refractivity contribution in [2.24, 2.45) is 0 Å². The highest BCUT2D eigenvalue weighted by molar-refractivity contribution is 5.76. The van der Waals surface area contributed by atoms with Gasteiger partial charge in [-0.1, -0.05) is 334 Å². The average molecular weight is 1040 g/mol. The summed E-state index contributed by atoms with van der Waals surface area (Å²) in [5, 5.41) is 23.1. The first-order chi connectivity index (χ1) is 36.5. The number of carbonyl (C=O) groups is 2. The fourth-order valence-electron chi connectivity index (χ4n) is 10.6. The van der Waals surface area contributed by atoms with Crippen LogP contribution in [0.25, 0.3) is 0 Å². The number of allylic oxidation sites excluding steroid dienone is 3. The van der Waals surface area contributed by atoms with E-state index in [1.165, 1.54) is 302 Å². The van der Waals surface area contributed by atoms with Crippen LogP contribution < -0.4 is 5.32 Å². The molecule has 0 radical (unpaired) electrons. The number of hydrogen-bond acceptors (Lipinski definition) is 5. The third kappa shape index (κ3) is 59.6. The Morgan fingerprint density at radius 2 is 0.649 bits per heavy atom. The van der Waals surface area contributed by atoms with Gasteiger partial charge in [0.15, 0.2) is 0 Å². The molecule has 0 aliphatic heterocycles. The molecule has 0 aromatic rings. The van der Waals surface area contributed by atoms with Gasteiger partial charge in [-0.15, -0.1) is 0 Å². The highest BCUT2D eigenvalue weighted by Crippen LogP contribution is 2.19. The Morgan fingerprint density at radius 3 is 1.00 bits per heavy atom. The van der Waals surface area contributed by atoms with Crippen LogP contribution in [0.2, 0.25) is 0 Å². The van der Waals surface area contributed by atoms with Gasteiger partial charge in [-0.05, 0) is 51.4 Å². The molecule has 6 heteroatoms. The van der Waals surface area contributed by atoms with E-state index in [0.29, 0.717) is 19.4 Å². The summed E-state index contributed by atoms with van der Waals surface area (Å²) in [6.45, 7) is 4.89. The first-order valence-electron chi connectivity index (χ1n) is 33.6. The summed E-state index contributed by atoms with van der Waals surface area (Å²) >= 11 is 0. The molecule has 438 valence electrons. The van der Waals surface area contributed by atoms with E-state index in [1.54, 1.807) is 6.08 Å². The Kier molecular flexibility index (Phi) is 62.4. The van der Waals surface area contributed by atoms with E-state index in [2.05, 4.69) is 31.3 Å². The Bertz CT molecular complexity index is 1150. The van der Waals surface area contributed by atoms with E-state index in [-0.39, 0.29) is 18.5 Å². The van der Waals surface area contributed by atoms with Crippen LogP contribution in [0.15, 0.2) is 24.3 Å². The van der Waals surface area contributed by atoms with Crippen molar-refractivity contribution in [2.75, 3.05) is 13.2 Å². The lowest BCUT2D eigenvalue weighted by Crippen LogP contribution is -2.45. The highest BCUT2D eigenvalue weighted by Gasteiger charge is 2.18. The van der Waals surface area contributed by atoms with E-state index in [4.69, 9.17) is 4.74 Å². The highest BCUT2D eigenvalue weighted by atomic mass is 16.5. The Morgan fingerprint density at radius 1 is 0.365 bits per heavy atom. The molecule has 0 aromatic carbocycles. The number of aliphatic hydroxyl groups is 2. The Hall–Kier alpha value is -1.66. The van der Waals surface area contributed by atoms with Crippen molar-refractivity contribution in [1.29, 1.82) is 0 Å². The van der Waals surface area contributed by atoms with Crippen LogP contribution in [0.5, 0.6) is 0 Å². The quantitative estimate of drug-likeness (QED) is 0.0320. The molecule has 0 bridgehead atoms. The number of hydrogen-bond donors (Lipinski definition) is 3. The molecule has 3 N–H and O–H groups in total. The Balaban J connectivity index is 3.33. The van der Waals surface area contributed by atoms with E-state index >= 15 is 0 Å². The van der Waals surface area contributed by atoms with Gasteiger partial charge in [0.1, 0.15) is 0 Å². The van der Waals surface area contributed by atoms with Gasteiger partial charge in [-0.25, -0.2) is 0 Å². The maximum atomic E-state index is 12.5. The molecule has 6 nitrogen and oxygen atoms in total. The van der Waals surface area contributed by atoms with E-state index < -0.39 is 12.1 Å². The molecule has 0 rings (SSSR count). The van der Waals surface area contributed by atoms with Gasteiger partial charge in [0, 0.05) is 12.8 Å². The van der Waals surface area contributed by atoms with Crippen LogP contribution in [-0.2, 0) is 14.3 Å². The lowest BCUT2D eigenvalue weighted by Gasteiger charge is -2.20. The Labute approximate surface area is 462 Å². The second kappa shape index (κ2) is 63.9. The van der Waals surface area contributed by atoms with Crippen LogP contribution >= 0.6 is 0 Å². The fourth-order valence-corrected chi connectivity index (χ4v) is 10.6. The molecule has 0 aliphatic rings. The SMILES string of the molecule is CCCC/C=C\CCCCCCCC(=O)OCCCCCCCCCCCCCCCCCCCCCCCCCCCCCCCCCCC(=O)NC(CO)C(O)/C=C/CCCCCCCCCCCCCC. The minimum atomic E-state index is -0.840. The van der Waals surface area contributed by atoms with E-state index in [0.717, 1.165) is 44.9 Å². The molecule has 0 heterocycles. The predicted molar refractivity (Wildman–Crippen MR) is 324 cm³/mol. The maximum Gasteiger partial charge on any atom is 0.305 e. The zero-order valence-corrected chi connectivity index (χ0v) is 50.1. The van der Waals surface area contributed by atoms with Gasteiger partial charge >= 0.3 is 5.97 Å². The van der Waals surface area contributed by atoms with Crippen LogP contribution in [-0.4, -0.2) is 47.4 Å². The standard InChI is InChI=1S/C68H131NO5/c1-3-5-7-9-11-13-15-16-37-41-44-48-52-56-60-66(71)65(64-70)69-67(72)61-57-53-49-45-42-38-35-33-31-29-27-25-23-21-19-17-18-20-22-24-26-28-30-32-34-36-39-43-47-51-55-59-63-74-68(73)62-58-54-50-46-40-14-12-10-8-6-4-2/h10,12,56,60,65-66,70-71H,3-9,11,13-55,57-59,61-64H2,1-2H3,(H,69,72)/b12-10-,60-56+. The molecule has 0 fully saturated rings. The third-order valence-corrected chi connectivity index (χ3v) is 15.7. The molecular formula is C68H131NO5. The van der Waals surface area contributed by atoms with Gasteiger partial charge in [0.05, 0.1) is 25.4 Å². The monoisotopic (exact) mass is 1040 g/mol. The zero-order chi connectivity index (χ0) is 53.6. The summed E-state index contributed by atoms with van der Waals surface area (Å²) in [7, 11) is 0. The number of esters is 1. The summed E-state index contributed by atoms with van der Waals surface area (Å²) in [5.74, 6) is -0.0516. The number of amides is 1. The van der Waals surface area contributed by atoms with Crippen molar-refractivity contribution in [2.45, 2.75) is 386 Å². The first-order valence-corrected chi connectivity index (χ1v) is 33.6. The number of carbonyl (C=O) groups excluding carboxylic acids is 2.